The van der Waals surface area contributed by atoms with Crippen molar-refractivity contribution in [2.75, 3.05) is 0 Å². The van der Waals surface area contributed by atoms with Crippen molar-refractivity contribution in [3.63, 3.8) is 0 Å². The zero-order chi connectivity index (χ0) is 22.5. The molecule has 4 rings (SSSR count). The molecule has 0 saturated carbocycles. The molecule has 0 atom stereocenters. The number of halogens is 4. The summed E-state index contributed by atoms with van der Waals surface area (Å²) in [6, 6.07) is 12.1. The fourth-order valence-corrected chi connectivity index (χ4v) is 5.35. The van der Waals surface area contributed by atoms with E-state index in [2.05, 4.69) is 21.2 Å². The number of aryl methyl sites for hydroxylation is 2. The highest BCUT2D eigenvalue weighted by Crippen LogP contribution is 2.45. The summed E-state index contributed by atoms with van der Waals surface area (Å²) in [7, 11) is 0. The van der Waals surface area contributed by atoms with Crippen LogP contribution in [-0.4, -0.2) is 10.9 Å². The van der Waals surface area contributed by atoms with E-state index >= 15 is 0 Å². The van der Waals surface area contributed by atoms with E-state index in [0.717, 1.165) is 38.1 Å². The number of aromatic amines is 1. The van der Waals surface area contributed by atoms with Gasteiger partial charge in [-0.05, 0) is 70.2 Å². The van der Waals surface area contributed by atoms with Gasteiger partial charge in [0, 0.05) is 14.3 Å². The maximum Gasteiger partial charge on any atom is 0.432 e. The smallest absolute Gasteiger partial charge is 0.341 e. The highest BCUT2D eigenvalue weighted by molar-refractivity contribution is 9.10. The van der Waals surface area contributed by atoms with Crippen LogP contribution in [0.4, 0.5) is 13.2 Å². The summed E-state index contributed by atoms with van der Waals surface area (Å²) >= 11 is 4.40. The van der Waals surface area contributed by atoms with Crippen molar-refractivity contribution in [1.82, 2.24) is 10.3 Å². The second kappa shape index (κ2) is 7.87. The summed E-state index contributed by atoms with van der Waals surface area (Å²) in [6.07, 6.45) is -4.75. The Hall–Kier alpha value is -2.52. The standard InChI is InChI=1S/C22H16BrF3N2O2S/c1-10-3-5-12-16(7-10)31-17-8-11(2)4-6-13(17)18(12)27-20(29)14-9-15(23)19(22(24,25)26)28-21(14)30/h3-9,18H,1-2H3,(H,27,29)(H,28,30). The Morgan fingerprint density at radius 3 is 2.10 bits per heavy atom. The molecule has 9 heteroatoms. The third kappa shape index (κ3) is 4.16. The molecule has 1 amide bonds. The van der Waals surface area contributed by atoms with Crippen molar-refractivity contribution >= 4 is 33.6 Å². The summed E-state index contributed by atoms with van der Waals surface area (Å²) in [4.78, 5) is 28.9. The summed E-state index contributed by atoms with van der Waals surface area (Å²) in [5.41, 5.74) is 1.12. The first-order valence-electron chi connectivity index (χ1n) is 9.24. The van der Waals surface area contributed by atoms with Crippen LogP contribution in [0, 0.1) is 13.8 Å². The first-order valence-corrected chi connectivity index (χ1v) is 10.9. The fraction of sp³-hybridized carbons (Fsp3) is 0.182. The lowest BCUT2D eigenvalue weighted by Crippen LogP contribution is -2.35. The Bertz CT molecular complexity index is 1220. The number of H-pyrrole nitrogens is 1. The topological polar surface area (TPSA) is 62.0 Å². The molecule has 1 aliphatic rings. The highest BCUT2D eigenvalue weighted by atomic mass is 79.9. The number of nitrogens with one attached hydrogen (secondary N) is 2. The second-order valence-electron chi connectivity index (χ2n) is 7.32. The molecule has 31 heavy (non-hydrogen) atoms. The average molecular weight is 509 g/mol. The molecule has 0 spiro atoms. The highest BCUT2D eigenvalue weighted by Gasteiger charge is 2.36. The number of carbonyl (C=O) groups is 1. The van der Waals surface area contributed by atoms with Gasteiger partial charge in [-0.15, -0.1) is 0 Å². The van der Waals surface area contributed by atoms with Gasteiger partial charge in [0.15, 0.2) is 0 Å². The minimum absolute atomic E-state index is 0.402. The van der Waals surface area contributed by atoms with Crippen molar-refractivity contribution in [2.24, 2.45) is 0 Å². The number of fused-ring (bicyclic) bond motifs is 2. The lowest BCUT2D eigenvalue weighted by Gasteiger charge is -2.29. The zero-order valence-electron chi connectivity index (χ0n) is 16.4. The predicted octanol–water partition coefficient (Wildman–Crippen LogP) is 5.76. The van der Waals surface area contributed by atoms with E-state index in [1.165, 1.54) is 0 Å². The lowest BCUT2D eigenvalue weighted by molar-refractivity contribution is -0.142. The molecule has 0 unspecified atom stereocenters. The molecule has 0 radical (unpaired) electrons. The molecule has 4 nitrogen and oxygen atoms in total. The monoisotopic (exact) mass is 508 g/mol. The molecule has 1 aromatic heterocycles. The van der Waals surface area contributed by atoms with Gasteiger partial charge in [-0.1, -0.05) is 36.0 Å². The average Bonchev–Trinajstić information content (AvgIpc) is 2.67. The molecule has 0 aliphatic carbocycles. The summed E-state index contributed by atoms with van der Waals surface area (Å²) in [5.74, 6) is -0.759. The van der Waals surface area contributed by atoms with Crippen LogP contribution in [0.15, 0.2) is 61.5 Å². The van der Waals surface area contributed by atoms with Gasteiger partial charge in [-0.2, -0.15) is 13.2 Å². The third-order valence-corrected chi connectivity index (χ3v) is 6.75. The Morgan fingerprint density at radius 2 is 1.58 bits per heavy atom. The minimum atomic E-state index is -4.75. The molecule has 0 saturated heterocycles. The Kier molecular flexibility index (Phi) is 5.51. The van der Waals surface area contributed by atoms with Crippen LogP contribution in [0.25, 0.3) is 0 Å². The number of hydrogen-bond donors (Lipinski definition) is 2. The second-order valence-corrected chi connectivity index (χ2v) is 9.26. The van der Waals surface area contributed by atoms with Gasteiger partial charge in [0.1, 0.15) is 11.3 Å². The van der Waals surface area contributed by atoms with E-state index in [9.17, 15) is 22.8 Å². The van der Waals surface area contributed by atoms with Crippen molar-refractivity contribution in [1.29, 1.82) is 0 Å². The number of aromatic nitrogens is 1. The van der Waals surface area contributed by atoms with Crippen molar-refractivity contribution in [2.45, 2.75) is 35.9 Å². The summed E-state index contributed by atoms with van der Waals surface area (Å²) in [6.45, 7) is 3.94. The van der Waals surface area contributed by atoms with E-state index in [4.69, 9.17) is 0 Å². The Labute approximate surface area is 188 Å². The lowest BCUT2D eigenvalue weighted by atomic mass is 9.95. The zero-order valence-corrected chi connectivity index (χ0v) is 18.8. The van der Waals surface area contributed by atoms with Gasteiger partial charge in [0.05, 0.1) is 6.04 Å². The van der Waals surface area contributed by atoms with Crippen LogP contribution in [0.3, 0.4) is 0 Å². The quantitative estimate of drug-likeness (QED) is 0.462. The maximum atomic E-state index is 13.0. The Morgan fingerprint density at radius 1 is 1.03 bits per heavy atom. The normalized spacial score (nSPS) is 13.5. The van der Waals surface area contributed by atoms with Crippen molar-refractivity contribution in [3.8, 4) is 0 Å². The van der Waals surface area contributed by atoms with Crippen molar-refractivity contribution in [3.05, 3.63) is 90.8 Å². The number of hydrogen-bond acceptors (Lipinski definition) is 3. The van der Waals surface area contributed by atoms with Gasteiger partial charge in [-0.25, -0.2) is 0 Å². The largest absolute Gasteiger partial charge is 0.432 e. The summed E-state index contributed by atoms with van der Waals surface area (Å²) in [5, 5.41) is 2.84. The molecule has 2 heterocycles. The van der Waals surface area contributed by atoms with Crippen LogP contribution in [0.5, 0.6) is 0 Å². The van der Waals surface area contributed by atoms with Crippen LogP contribution >= 0.6 is 27.7 Å². The molecule has 160 valence electrons. The Balaban J connectivity index is 1.76. The molecule has 0 bridgehead atoms. The molecule has 3 aromatic rings. The van der Waals surface area contributed by atoms with Crippen LogP contribution in [0.2, 0.25) is 0 Å². The number of rotatable bonds is 2. The number of carbonyl (C=O) groups excluding carboxylic acids is 1. The van der Waals surface area contributed by atoms with Crippen LogP contribution in [0.1, 0.15) is 44.3 Å². The number of pyridine rings is 1. The molecule has 1 aliphatic heterocycles. The van der Waals surface area contributed by atoms with Gasteiger partial charge >= 0.3 is 6.18 Å². The van der Waals surface area contributed by atoms with Gasteiger partial charge < -0.3 is 10.3 Å². The SMILES string of the molecule is Cc1ccc2c(c1)Sc1cc(C)ccc1C2NC(=O)c1cc(Br)c(C(F)(F)F)[nH]c1=O. The fourth-order valence-electron chi connectivity index (χ4n) is 3.47. The van der Waals surface area contributed by atoms with E-state index in [1.54, 1.807) is 16.7 Å². The van der Waals surface area contributed by atoms with E-state index < -0.39 is 39.4 Å². The van der Waals surface area contributed by atoms with E-state index in [0.29, 0.717) is 0 Å². The molecule has 2 aromatic carbocycles. The molecule has 0 fully saturated rings. The van der Waals surface area contributed by atoms with E-state index in [-0.39, 0.29) is 0 Å². The predicted molar refractivity (Wildman–Crippen MR) is 116 cm³/mol. The van der Waals surface area contributed by atoms with Gasteiger partial charge in [0.2, 0.25) is 0 Å². The van der Waals surface area contributed by atoms with Crippen LogP contribution < -0.4 is 10.9 Å². The minimum Gasteiger partial charge on any atom is -0.341 e. The van der Waals surface area contributed by atoms with Gasteiger partial charge in [0.25, 0.3) is 11.5 Å². The van der Waals surface area contributed by atoms with Crippen LogP contribution in [-0.2, 0) is 6.18 Å². The molecular formula is C22H16BrF3N2O2S. The maximum absolute atomic E-state index is 13.0. The first-order chi connectivity index (χ1) is 14.5. The first kappa shape index (κ1) is 21.7. The van der Waals surface area contributed by atoms with Gasteiger partial charge in [-0.3, -0.25) is 9.59 Å². The number of amides is 1. The molecule has 2 N–H and O–H groups in total. The number of benzene rings is 2. The number of alkyl halides is 3. The summed E-state index contributed by atoms with van der Waals surface area (Å²) < 4.78 is 38.7. The van der Waals surface area contributed by atoms with Crippen molar-refractivity contribution < 1.29 is 18.0 Å². The third-order valence-electron chi connectivity index (χ3n) is 4.98. The molecular weight excluding hydrogens is 493 g/mol. The van der Waals surface area contributed by atoms with E-state index in [1.807, 2.05) is 50.2 Å².